The highest BCUT2D eigenvalue weighted by Gasteiger charge is 2.22. The minimum Gasteiger partial charge on any atom is -0.440 e. The van der Waals surface area contributed by atoms with Crippen LogP contribution >= 0.6 is 11.8 Å². The maximum absolute atomic E-state index is 8.84. The highest BCUT2D eigenvalue weighted by molar-refractivity contribution is 7.99. The van der Waals surface area contributed by atoms with Gasteiger partial charge in [-0.05, 0) is 14.0 Å². The molecule has 1 heterocycles. The maximum atomic E-state index is 8.84. The van der Waals surface area contributed by atoms with E-state index >= 15 is 0 Å². The zero-order valence-corrected chi connectivity index (χ0v) is 8.39. The van der Waals surface area contributed by atoms with E-state index in [0.717, 1.165) is 0 Å². The van der Waals surface area contributed by atoms with Crippen molar-refractivity contribution in [2.45, 2.75) is 17.7 Å². The van der Waals surface area contributed by atoms with E-state index in [-0.39, 0.29) is 0 Å². The minimum absolute atomic E-state index is 0.529. The lowest BCUT2D eigenvalue weighted by molar-refractivity contribution is 0.452. The first-order chi connectivity index (χ1) is 6.20. The van der Waals surface area contributed by atoms with E-state index in [1.807, 2.05) is 6.92 Å². The van der Waals surface area contributed by atoms with Gasteiger partial charge in [-0.1, -0.05) is 11.8 Å². The number of hydrogen-bond donors (Lipinski definition) is 1. The standard InChI is InChI=1S/C8H11N3OS/c1-8(5-9,10-2)6-13-7-11-3-4-12-7/h3-4,10H,6H2,1-2H3. The Morgan fingerprint density at radius 3 is 3.08 bits per heavy atom. The molecule has 0 amide bonds. The smallest absolute Gasteiger partial charge is 0.255 e. The van der Waals surface area contributed by atoms with Crippen molar-refractivity contribution in [1.82, 2.24) is 10.3 Å². The largest absolute Gasteiger partial charge is 0.440 e. The number of aromatic nitrogens is 1. The van der Waals surface area contributed by atoms with Crippen molar-refractivity contribution < 1.29 is 4.42 Å². The molecule has 0 fully saturated rings. The summed E-state index contributed by atoms with van der Waals surface area (Å²) in [5.41, 5.74) is -0.529. The molecule has 0 saturated heterocycles. The van der Waals surface area contributed by atoms with Crippen LogP contribution in [0.1, 0.15) is 6.92 Å². The summed E-state index contributed by atoms with van der Waals surface area (Å²) in [5, 5.41) is 12.4. The lowest BCUT2D eigenvalue weighted by Crippen LogP contribution is -2.40. The van der Waals surface area contributed by atoms with Gasteiger partial charge in [-0.2, -0.15) is 5.26 Å². The van der Waals surface area contributed by atoms with E-state index in [4.69, 9.17) is 9.68 Å². The molecule has 1 rings (SSSR count). The highest BCUT2D eigenvalue weighted by atomic mass is 32.2. The van der Waals surface area contributed by atoms with Crippen LogP contribution < -0.4 is 5.32 Å². The average Bonchev–Trinajstić information content (AvgIpc) is 2.67. The first-order valence-corrected chi connectivity index (χ1v) is 4.81. The Balaban J connectivity index is 2.47. The maximum Gasteiger partial charge on any atom is 0.255 e. The molecule has 70 valence electrons. The zero-order chi connectivity index (χ0) is 9.73. The normalized spacial score (nSPS) is 14.8. The fourth-order valence-corrected chi connectivity index (χ4v) is 1.53. The van der Waals surface area contributed by atoms with Crippen LogP contribution in [0.4, 0.5) is 0 Å². The number of rotatable bonds is 4. The zero-order valence-electron chi connectivity index (χ0n) is 7.57. The van der Waals surface area contributed by atoms with Crippen molar-refractivity contribution in [2.24, 2.45) is 0 Å². The number of nitrogens with zero attached hydrogens (tertiary/aromatic N) is 2. The van der Waals surface area contributed by atoms with Crippen LogP contribution in [-0.4, -0.2) is 23.3 Å². The second kappa shape index (κ2) is 4.30. The van der Waals surface area contributed by atoms with Crippen LogP contribution in [-0.2, 0) is 0 Å². The molecule has 1 aromatic heterocycles. The summed E-state index contributed by atoms with van der Waals surface area (Å²) >= 11 is 1.42. The van der Waals surface area contributed by atoms with E-state index in [1.54, 1.807) is 13.2 Å². The molecular formula is C8H11N3OS. The second-order valence-electron chi connectivity index (χ2n) is 2.78. The molecule has 0 saturated carbocycles. The van der Waals surface area contributed by atoms with Crippen molar-refractivity contribution in [3.05, 3.63) is 12.5 Å². The Bertz CT molecular complexity index is 293. The van der Waals surface area contributed by atoms with Crippen molar-refractivity contribution >= 4 is 11.8 Å². The summed E-state index contributed by atoms with van der Waals surface area (Å²) in [5.74, 6) is 0.612. The molecule has 0 aliphatic heterocycles. The molecule has 1 N–H and O–H groups in total. The van der Waals surface area contributed by atoms with Crippen LogP contribution in [0, 0.1) is 11.3 Å². The van der Waals surface area contributed by atoms with Gasteiger partial charge in [-0.25, -0.2) is 4.98 Å². The molecule has 0 radical (unpaired) electrons. The summed E-state index contributed by atoms with van der Waals surface area (Å²) in [6.45, 7) is 1.84. The Hall–Kier alpha value is -0.990. The molecule has 0 aliphatic rings. The van der Waals surface area contributed by atoms with Crippen molar-refractivity contribution in [3.8, 4) is 6.07 Å². The van der Waals surface area contributed by atoms with Gasteiger partial charge in [0.05, 0.1) is 12.3 Å². The number of hydrogen-bond acceptors (Lipinski definition) is 5. The van der Waals surface area contributed by atoms with Gasteiger partial charge in [0.1, 0.15) is 11.8 Å². The van der Waals surface area contributed by atoms with Gasteiger partial charge in [0.15, 0.2) is 0 Å². The lowest BCUT2D eigenvalue weighted by atomic mass is 10.1. The Kier molecular flexibility index (Phi) is 3.34. The van der Waals surface area contributed by atoms with Crippen LogP contribution in [0.2, 0.25) is 0 Å². The van der Waals surface area contributed by atoms with Crippen LogP contribution in [0.5, 0.6) is 0 Å². The number of nitriles is 1. The van der Waals surface area contributed by atoms with E-state index in [0.29, 0.717) is 11.0 Å². The van der Waals surface area contributed by atoms with E-state index in [2.05, 4.69) is 16.4 Å². The fraction of sp³-hybridized carbons (Fsp3) is 0.500. The van der Waals surface area contributed by atoms with Crippen molar-refractivity contribution in [1.29, 1.82) is 5.26 Å². The predicted molar refractivity (Wildman–Crippen MR) is 50.3 cm³/mol. The molecule has 0 aliphatic carbocycles. The van der Waals surface area contributed by atoms with E-state index in [9.17, 15) is 0 Å². The molecular weight excluding hydrogens is 186 g/mol. The van der Waals surface area contributed by atoms with Gasteiger partial charge in [-0.3, -0.25) is 0 Å². The van der Waals surface area contributed by atoms with Gasteiger partial charge in [0, 0.05) is 5.75 Å². The minimum atomic E-state index is -0.529. The first-order valence-electron chi connectivity index (χ1n) is 3.82. The van der Waals surface area contributed by atoms with Crippen molar-refractivity contribution in [2.75, 3.05) is 12.8 Å². The monoisotopic (exact) mass is 197 g/mol. The summed E-state index contributed by atoms with van der Waals surface area (Å²) < 4.78 is 5.03. The quantitative estimate of drug-likeness (QED) is 0.736. The topological polar surface area (TPSA) is 61.9 Å². The van der Waals surface area contributed by atoms with Gasteiger partial charge >= 0.3 is 0 Å². The summed E-state index contributed by atoms with van der Waals surface area (Å²) in [6, 6.07) is 2.19. The third kappa shape index (κ3) is 2.76. The van der Waals surface area contributed by atoms with E-state index in [1.165, 1.54) is 18.0 Å². The van der Waals surface area contributed by atoms with Gasteiger partial charge in [0.25, 0.3) is 5.22 Å². The summed E-state index contributed by atoms with van der Waals surface area (Å²) in [4.78, 5) is 3.95. The summed E-state index contributed by atoms with van der Waals surface area (Å²) in [6.07, 6.45) is 3.11. The molecule has 5 heteroatoms. The lowest BCUT2D eigenvalue weighted by Gasteiger charge is -2.18. The molecule has 1 atom stereocenters. The predicted octanol–water partition coefficient (Wildman–Crippen LogP) is 1.27. The molecule has 0 spiro atoms. The molecule has 4 nitrogen and oxygen atoms in total. The Morgan fingerprint density at radius 2 is 2.62 bits per heavy atom. The van der Waals surface area contributed by atoms with Crippen LogP contribution in [0.15, 0.2) is 22.1 Å². The fourth-order valence-electron chi connectivity index (χ4n) is 0.648. The molecule has 1 unspecified atom stereocenters. The molecule has 13 heavy (non-hydrogen) atoms. The Morgan fingerprint density at radius 1 is 1.85 bits per heavy atom. The highest BCUT2D eigenvalue weighted by Crippen LogP contribution is 2.19. The molecule has 1 aromatic rings. The summed E-state index contributed by atoms with van der Waals surface area (Å²) in [7, 11) is 1.76. The SMILES string of the molecule is CNC(C)(C#N)CSc1ncco1. The Labute approximate surface area is 81.3 Å². The van der Waals surface area contributed by atoms with Gasteiger partial charge in [0.2, 0.25) is 0 Å². The third-order valence-electron chi connectivity index (χ3n) is 1.69. The van der Waals surface area contributed by atoms with Gasteiger partial charge < -0.3 is 9.73 Å². The first kappa shape index (κ1) is 10.1. The number of nitrogens with one attached hydrogen (secondary N) is 1. The molecule has 0 aromatic carbocycles. The molecule has 0 bridgehead atoms. The number of oxazole rings is 1. The number of thioether (sulfide) groups is 1. The van der Waals surface area contributed by atoms with Crippen LogP contribution in [0.3, 0.4) is 0 Å². The van der Waals surface area contributed by atoms with Crippen molar-refractivity contribution in [3.63, 3.8) is 0 Å². The average molecular weight is 197 g/mol. The van der Waals surface area contributed by atoms with Crippen LogP contribution in [0.25, 0.3) is 0 Å². The van der Waals surface area contributed by atoms with Gasteiger partial charge in [-0.15, -0.1) is 0 Å². The van der Waals surface area contributed by atoms with E-state index < -0.39 is 5.54 Å². The second-order valence-corrected chi connectivity index (χ2v) is 3.71. The third-order valence-corrected chi connectivity index (χ3v) is 2.86.